The molecule has 1 saturated carbocycles. The van der Waals surface area contributed by atoms with E-state index in [9.17, 15) is 9.59 Å². The topological polar surface area (TPSA) is 77.1 Å². The van der Waals surface area contributed by atoms with Crippen molar-refractivity contribution in [1.29, 1.82) is 0 Å². The number of aryl methyl sites for hydroxylation is 2. The van der Waals surface area contributed by atoms with Crippen molar-refractivity contribution < 1.29 is 4.79 Å². The highest BCUT2D eigenvalue weighted by Crippen LogP contribution is 2.31. The maximum atomic E-state index is 12.3. The first-order valence-electron chi connectivity index (χ1n) is 6.71. The molecule has 1 fully saturated rings. The number of carbonyl (C=O) groups excluding carboxylic acids is 1. The van der Waals surface area contributed by atoms with E-state index in [0.717, 1.165) is 24.8 Å². The quantitative estimate of drug-likeness (QED) is 0.854. The minimum atomic E-state index is -0.171. The van der Waals surface area contributed by atoms with E-state index in [4.69, 9.17) is 5.73 Å². The summed E-state index contributed by atoms with van der Waals surface area (Å²) >= 11 is 0. The van der Waals surface area contributed by atoms with Gasteiger partial charge in [-0.15, -0.1) is 0 Å². The average Bonchev–Trinajstić information content (AvgIpc) is 2.87. The van der Waals surface area contributed by atoms with Gasteiger partial charge in [0.2, 0.25) is 5.91 Å². The summed E-state index contributed by atoms with van der Waals surface area (Å²) in [5, 5.41) is 2.80. The number of nitrogens with zero attached hydrogens (tertiary/aromatic N) is 1. The zero-order valence-corrected chi connectivity index (χ0v) is 11.5. The van der Waals surface area contributed by atoms with Gasteiger partial charge in [0.05, 0.1) is 0 Å². The maximum absolute atomic E-state index is 12.3. The molecule has 0 bridgehead atoms. The Kier molecular flexibility index (Phi) is 4.04. The molecule has 1 heterocycles. The molecule has 0 radical (unpaired) electrons. The molecule has 19 heavy (non-hydrogen) atoms. The number of nitrogens with two attached hydrogens (primary N) is 1. The zero-order valence-electron chi connectivity index (χ0n) is 11.5. The van der Waals surface area contributed by atoms with E-state index >= 15 is 0 Å². The lowest BCUT2D eigenvalue weighted by Gasteiger charge is -2.18. The van der Waals surface area contributed by atoms with E-state index in [1.807, 2.05) is 13.0 Å². The fourth-order valence-electron chi connectivity index (χ4n) is 2.75. The van der Waals surface area contributed by atoms with Gasteiger partial charge in [0.1, 0.15) is 5.69 Å². The lowest BCUT2D eigenvalue weighted by molar-refractivity contribution is -0.120. The highest BCUT2D eigenvalue weighted by Gasteiger charge is 2.32. The predicted octanol–water partition coefficient (Wildman–Crippen LogP) is 1.01. The summed E-state index contributed by atoms with van der Waals surface area (Å²) in [6.07, 6.45) is 4.59. The highest BCUT2D eigenvalue weighted by molar-refractivity contribution is 5.93. The second kappa shape index (κ2) is 5.57. The number of amides is 1. The van der Waals surface area contributed by atoms with E-state index < -0.39 is 0 Å². The first-order chi connectivity index (χ1) is 9.04. The molecule has 0 spiro atoms. The number of hydrogen-bond donors (Lipinski definition) is 2. The standard InChI is InChI=1S/C14H21N3O2/c1-9-6-7-17(2)14(19)12(9)16-13(18)11-5-3-4-10(11)8-15/h6-7,10-11H,3-5,8,15H2,1-2H3,(H,16,18)/t10-,11-/m1/s1. The van der Waals surface area contributed by atoms with Gasteiger partial charge in [-0.25, -0.2) is 0 Å². The second-order valence-electron chi connectivity index (χ2n) is 5.31. The summed E-state index contributed by atoms with van der Waals surface area (Å²) in [6, 6.07) is 1.83. The van der Waals surface area contributed by atoms with Crippen LogP contribution in [0.1, 0.15) is 24.8 Å². The van der Waals surface area contributed by atoms with Crippen LogP contribution in [0.5, 0.6) is 0 Å². The maximum Gasteiger partial charge on any atom is 0.274 e. The van der Waals surface area contributed by atoms with Crippen LogP contribution in [0.15, 0.2) is 17.1 Å². The molecular formula is C14H21N3O2. The number of hydrogen-bond acceptors (Lipinski definition) is 3. The van der Waals surface area contributed by atoms with E-state index in [1.54, 1.807) is 13.2 Å². The lowest BCUT2D eigenvalue weighted by Crippen LogP contribution is -2.32. The molecule has 5 nitrogen and oxygen atoms in total. The van der Waals surface area contributed by atoms with Crippen LogP contribution in [0, 0.1) is 18.8 Å². The molecule has 0 unspecified atom stereocenters. The molecule has 2 atom stereocenters. The van der Waals surface area contributed by atoms with Crippen molar-refractivity contribution in [1.82, 2.24) is 4.57 Å². The van der Waals surface area contributed by atoms with Crippen LogP contribution in [0.2, 0.25) is 0 Å². The first kappa shape index (κ1) is 13.8. The summed E-state index contributed by atoms with van der Waals surface area (Å²) in [7, 11) is 1.68. The molecule has 3 N–H and O–H groups in total. The van der Waals surface area contributed by atoms with Gasteiger partial charge in [-0.2, -0.15) is 0 Å². The minimum Gasteiger partial charge on any atom is -0.330 e. The SMILES string of the molecule is Cc1ccn(C)c(=O)c1NC(=O)[C@@H]1CCC[C@@H]1CN. The van der Waals surface area contributed by atoms with Gasteiger partial charge in [0, 0.05) is 19.2 Å². The molecule has 1 aromatic heterocycles. The minimum absolute atomic E-state index is 0.0608. The molecule has 1 aliphatic carbocycles. The van der Waals surface area contributed by atoms with Crippen molar-refractivity contribution in [3.05, 3.63) is 28.2 Å². The van der Waals surface area contributed by atoms with Gasteiger partial charge in [0.15, 0.2) is 0 Å². The van der Waals surface area contributed by atoms with E-state index in [1.165, 1.54) is 4.57 Å². The monoisotopic (exact) mass is 263 g/mol. The number of rotatable bonds is 3. The van der Waals surface area contributed by atoms with E-state index in [2.05, 4.69) is 5.32 Å². The average molecular weight is 263 g/mol. The Hall–Kier alpha value is -1.62. The van der Waals surface area contributed by atoms with Gasteiger partial charge in [-0.1, -0.05) is 6.42 Å². The Bertz CT molecular complexity index is 536. The molecular weight excluding hydrogens is 242 g/mol. The Morgan fingerprint density at radius 2 is 2.26 bits per heavy atom. The molecule has 1 aliphatic rings. The van der Waals surface area contributed by atoms with Crippen molar-refractivity contribution in [3.63, 3.8) is 0 Å². The van der Waals surface area contributed by atoms with Gasteiger partial charge in [0.25, 0.3) is 5.56 Å². The molecule has 0 aliphatic heterocycles. The smallest absolute Gasteiger partial charge is 0.274 e. The lowest BCUT2D eigenvalue weighted by atomic mass is 9.95. The van der Waals surface area contributed by atoms with E-state index in [0.29, 0.717) is 12.2 Å². The molecule has 1 amide bonds. The van der Waals surface area contributed by atoms with Gasteiger partial charge < -0.3 is 15.6 Å². The Labute approximate surface area is 112 Å². The Morgan fingerprint density at radius 1 is 1.53 bits per heavy atom. The van der Waals surface area contributed by atoms with Crippen LogP contribution in [0.25, 0.3) is 0 Å². The largest absolute Gasteiger partial charge is 0.330 e. The predicted molar refractivity (Wildman–Crippen MR) is 74.9 cm³/mol. The summed E-state index contributed by atoms with van der Waals surface area (Å²) in [5.74, 6) is 0.113. The summed E-state index contributed by atoms with van der Waals surface area (Å²) in [4.78, 5) is 24.3. The number of carbonyl (C=O) groups is 1. The van der Waals surface area contributed by atoms with E-state index in [-0.39, 0.29) is 23.3 Å². The number of aromatic nitrogens is 1. The number of nitrogens with one attached hydrogen (secondary N) is 1. The third kappa shape index (κ3) is 2.71. The molecule has 2 rings (SSSR count). The van der Waals surface area contributed by atoms with Crippen LogP contribution in [0.3, 0.4) is 0 Å². The van der Waals surface area contributed by atoms with Crippen LogP contribution in [-0.2, 0) is 11.8 Å². The van der Waals surface area contributed by atoms with Gasteiger partial charge in [-0.05, 0) is 43.9 Å². The van der Waals surface area contributed by atoms with Crippen molar-refractivity contribution in [2.75, 3.05) is 11.9 Å². The van der Waals surface area contributed by atoms with Gasteiger partial charge in [-0.3, -0.25) is 9.59 Å². The third-order valence-electron chi connectivity index (χ3n) is 4.02. The fraction of sp³-hybridized carbons (Fsp3) is 0.571. The Balaban J connectivity index is 2.20. The van der Waals surface area contributed by atoms with Crippen LogP contribution in [0.4, 0.5) is 5.69 Å². The molecule has 0 saturated heterocycles. The van der Waals surface area contributed by atoms with Crippen LogP contribution >= 0.6 is 0 Å². The number of anilines is 1. The molecule has 1 aromatic rings. The van der Waals surface area contributed by atoms with Crippen LogP contribution in [-0.4, -0.2) is 17.0 Å². The van der Waals surface area contributed by atoms with Crippen LogP contribution < -0.4 is 16.6 Å². The molecule has 5 heteroatoms. The highest BCUT2D eigenvalue weighted by atomic mass is 16.2. The second-order valence-corrected chi connectivity index (χ2v) is 5.31. The van der Waals surface area contributed by atoms with Crippen molar-refractivity contribution in [3.8, 4) is 0 Å². The van der Waals surface area contributed by atoms with Crippen molar-refractivity contribution >= 4 is 11.6 Å². The van der Waals surface area contributed by atoms with Crippen molar-refractivity contribution in [2.45, 2.75) is 26.2 Å². The Morgan fingerprint density at radius 3 is 2.95 bits per heavy atom. The first-order valence-corrected chi connectivity index (χ1v) is 6.71. The summed E-state index contributed by atoms with van der Waals surface area (Å²) in [5.41, 5.74) is 6.70. The normalized spacial score (nSPS) is 22.5. The van der Waals surface area contributed by atoms with Gasteiger partial charge >= 0.3 is 0 Å². The summed E-state index contributed by atoms with van der Waals surface area (Å²) in [6.45, 7) is 2.36. The third-order valence-corrected chi connectivity index (χ3v) is 4.02. The summed E-state index contributed by atoms with van der Waals surface area (Å²) < 4.78 is 1.47. The number of pyridine rings is 1. The fourth-order valence-corrected chi connectivity index (χ4v) is 2.75. The molecule has 104 valence electrons. The van der Waals surface area contributed by atoms with Crippen molar-refractivity contribution in [2.24, 2.45) is 24.6 Å². The zero-order chi connectivity index (χ0) is 14.0. The molecule has 0 aromatic carbocycles.